The third-order valence-corrected chi connectivity index (χ3v) is 7.72. The molecule has 0 bridgehead atoms. The van der Waals surface area contributed by atoms with Gasteiger partial charge >= 0.3 is 18.1 Å². The van der Waals surface area contributed by atoms with Crippen LogP contribution < -0.4 is 4.43 Å². The molecule has 1 atom stereocenters. The molecule has 1 aliphatic heterocycles. The lowest BCUT2D eigenvalue weighted by molar-refractivity contribution is -0.147. The number of fused-ring (bicyclic) bond motifs is 1. The molecule has 1 aliphatic rings. The van der Waals surface area contributed by atoms with Gasteiger partial charge in [0.1, 0.15) is 5.75 Å². The molecule has 27 heavy (non-hydrogen) atoms. The second kappa shape index (κ2) is 9.15. The highest BCUT2D eigenvalue weighted by Crippen LogP contribution is 2.27. The van der Waals surface area contributed by atoms with Crippen molar-refractivity contribution in [2.24, 2.45) is 0 Å². The van der Waals surface area contributed by atoms with E-state index in [2.05, 4.69) is 0 Å². The first kappa shape index (κ1) is 21.1. The molecule has 0 amide bonds. The van der Waals surface area contributed by atoms with Crippen LogP contribution in [0.2, 0.25) is 12.6 Å². The van der Waals surface area contributed by atoms with Gasteiger partial charge in [0.2, 0.25) is 0 Å². The highest BCUT2D eigenvalue weighted by atomic mass is 28.4. The minimum Gasteiger partial charge on any atom is -0.522 e. The van der Waals surface area contributed by atoms with E-state index in [0.29, 0.717) is 19.4 Å². The van der Waals surface area contributed by atoms with Crippen molar-refractivity contribution in [3.63, 3.8) is 0 Å². The number of rotatable bonds is 7. The normalized spacial score (nSPS) is 15.9. The largest absolute Gasteiger partial charge is 0.705 e. The van der Waals surface area contributed by atoms with E-state index in [9.17, 15) is 14.4 Å². The average Bonchev–Trinajstić information content (AvgIpc) is 2.52. The van der Waals surface area contributed by atoms with Crippen LogP contribution in [0.1, 0.15) is 38.3 Å². The van der Waals surface area contributed by atoms with Crippen molar-refractivity contribution in [1.29, 1.82) is 0 Å². The Morgan fingerprint density at radius 1 is 1.07 bits per heavy atom. The van der Waals surface area contributed by atoms with Crippen LogP contribution in [0.5, 0.6) is 5.75 Å². The summed E-state index contributed by atoms with van der Waals surface area (Å²) in [5.74, 6) is -1.13. The lowest BCUT2D eigenvalue weighted by atomic mass is 10.1. The van der Waals surface area contributed by atoms with Crippen LogP contribution in [0.3, 0.4) is 0 Å². The van der Waals surface area contributed by atoms with E-state index in [-0.39, 0.29) is 6.04 Å². The number of hydrogen-bond donors (Lipinski definition) is 0. The van der Waals surface area contributed by atoms with Crippen molar-refractivity contribution in [2.75, 3.05) is 0 Å². The van der Waals surface area contributed by atoms with E-state index < -0.39 is 36.0 Å². The number of carbonyl (C=O) groups excluding carboxylic acids is 3. The minimum absolute atomic E-state index is 0.153. The SMILES string of the molecule is CC(=O)O[Si](CCCc1ccc2c(c1)CO[SiH](C)O2)(OC(C)=O)OC(C)=O. The first-order valence-corrected chi connectivity index (χ1v) is 12.7. The van der Waals surface area contributed by atoms with Gasteiger partial charge in [-0.3, -0.25) is 14.4 Å². The van der Waals surface area contributed by atoms with Crippen LogP contribution in [-0.2, 0) is 45.1 Å². The maximum atomic E-state index is 11.4. The Hall–Kier alpha value is -2.18. The molecule has 8 nitrogen and oxygen atoms in total. The van der Waals surface area contributed by atoms with Crippen LogP contribution >= 0.6 is 0 Å². The van der Waals surface area contributed by atoms with E-state index in [1.807, 2.05) is 24.7 Å². The fourth-order valence-electron chi connectivity index (χ4n) is 2.82. The Bertz CT molecular complexity index is 680. The molecule has 0 N–H and O–H groups in total. The molecule has 1 unspecified atom stereocenters. The molecular weight excluding hydrogens is 388 g/mol. The fraction of sp³-hybridized carbons (Fsp3) is 0.471. The van der Waals surface area contributed by atoms with Gasteiger partial charge in [0.25, 0.3) is 17.9 Å². The molecule has 0 radical (unpaired) electrons. The predicted octanol–water partition coefficient (Wildman–Crippen LogP) is 2.01. The Balaban J connectivity index is 2.06. The highest BCUT2D eigenvalue weighted by molar-refractivity contribution is 6.65. The van der Waals surface area contributed by atoms with E-state index in [1.54, 1.807) is 0 Å². The van der Waals surface area contributed by atoms with Crippen molar-refractivity contribution >= 4 is 36.0 Å². The molecule has 0 fully saturated rings. The third-order valence-electron chi connectivity index (χ3n) is 3.74. The van der Waals surface area contributed by atoms with Crippen molar-refractivity contribution in [1.82, 2.24) is 0 Å². The summed E-state index contributed by atoms with van der Waals surface area (Å²) in [6, 6.07) is 6.03. The third kappa shape index (κ3) is 6.49. The molecule has 1 aromatic rings. The highest BCUT2D eigenvalue weighted by Gasteiger charge is 2.51. The summed E-state index contributed by atoms with van der Waals surface area (Å²) in [7, 11) is -5.34. The molecule has 0 saturated heterocycles. The molecule has 1 heterocycles. The Kier molecular flexibility index (Phi) is 7.16. The van der Waals surface area contributed by atoms with E-state index in [0.717, 1.165) is 16.9 Å². The summed E-state index contributed by atoms with van der Waals surface area (Å²) in [5, 5.41) is 0. The Morgan fingerprint density at radius 2 is 1.67 bits per heavy atom. The first-order valence-electron chi connectivity index (χ1n) is 8.68. The van der Waals surface area contributed by atoms with Crippen molar-refractivity contribution in [2.45, 2.75) is 52.8 Å². The average molecular weight is 413 g/mol. The quantitative estimate of drug-likeness (QED) is 0.627. The topological polar surface area (TPSA) is 97.4 Å². The van der Waals surface area contributed by atoms with Crippen LogP contribution in [0.15, 0.2) is 18.2 Å². The van der Waals surface area contributed by atoms with Crippen LogP contribution in [0.4, 0.5) is 0 Å². The van der Waals surface area contributed by atoms with Gasteiger partial charge < -0.3 is 22.1 Å². The first-order chi connectivity index (χ1) is 12.7. The Labute approximate surface area is 160 Å². The van der Waals surface area contributed by atoms with Crippen molar-refractivity contribution < 1.29 is 36.5 Å². The van der Waals surface area contributed by atoms with Gasteiger partial charge in [0.15, 0.2) is 0 Å². The lowest BCUT2D eigenvalue weighted by Crippen LogP contribution is -2.49. The number of aryl methyl sites for hydroxylation is 1. The van der Waals surface area contributed by atoms with Gasteiger partial charge in [-0.15, -0.1) is 0 Å². The molecule has 10 heteroatoms. The maximum Gasteiger partial charge on any atom is 0.705 e. The Morgan fingerprint density at radius 3 is 2.22 bits per heavy atom. The zero-order valence-corrected chi connectivity index (χ0v) is 18.1. The van der Waals surface area contributed by atoms with Gasteiger partial charge in [-0.2, -0.15) is 0 Å². The van der Waals surface area contributed by atoms with Crippen molar-refractivity contribution in [3.8, 4) is 5.75 Å². The molecule has 2 rings (SSSR count). The standard InChI is InChI=1S/C17H24O8Si2/c1-12(18)23-27(24-13(2)19,25-14(3)20)9-5-6-15-7-8-17-16(10-15)11-21-26(4)22-17/h7-8,10,26H,5-6,9,11H2,1-4H3. The maximum absolute atomic E-state index is 11.4. The predicted molar refractivity (Wildman–Crippen MR) is 99.1 cm³/mol. The van der Waals surface area contributed by atoms with Crippen molar-refractivity contribution in [3.05, 3.63) is 29.3 Å². The molecule has 1 aromatic carbocycles. The smallest absolute Gasteiger partial charge is 0.522 e. The van der Waals surface area contributed by atoms with Gasteiger partial charge in [-0.25, -0.2) is 0 Å². The molecule has 0 saturated carbocycles. The number of carbonyl (C=O) groups is 3. The molecule has 0 aliphatic carbocycles. The summed E-state index contributed by atoms with van der Waals surface area (Å²) < 4.78 is 26.9. The van der Waals surface area contributed by atoms with Gasteiger partial charge in [-0.1, -0.05) is 6.07 Å². The monoisotopic (exact) mass is 412 g/mol. The second-order valence-electron chi connectivity index (χ2n) is 6.26. The zero-order chi connectivity index (χ0) is 20.0. The number of hydrogen-bond acceptors (Lipinski definition) is 8. The fourth-order valence-corrected chi connectivity index (χ4v) is 6.24. The summed E-state index contributed by atoms with van der Waals surface area (Å²) in [5.41, 5.74) is 2.02. The molecule has 0 aromatic heterocycles. The summed E-state index contributed by atoms with van der Waals surface area (Å²) in [4.78, 5) is 34.3. The van der Waals surface area contributed by atoms with Gasteiger partial charge in [0.05, 0.1) is 12.7 Å². The summed E-state index contributed by atoms with van der Waals surface area (Å²) in [6.45, 7) is 6.05. The van der Waals surface area contributed by atoms with Crippen LogP contribution in [0.25, 0.3) is 0 Å². The van der Waals surface area contributed by atoms with Gasteiger partial charge in [-0.05, 0) is 37.1 Å². The van der Waals surface area contributed by atoms with E-state index in [4.69, 9.17) is 22.1 Å². The van der Waals surface area contributed by atoms with E-state index >= 15 is 0 Å². The molecule has 148 valence electrons. The summed E-state index contributed by atoms with van der Waals surface area (Å²) >= 11 is 0. The van der Waals surface area contributed by atoms with Crippen LogP contribution in [-0.4, -0.2) is 36.0 Å². The minimum atomic E-state index is -3.77. The van der Waals surface area contributed by atoms with Crippen LogP contribution in [0, 0.1) is 0 Å². The summed E-state index contributed by atoms with van der Waals surface area (Å²) in [6.07, 6.45) is 1.13. The van der Waals surface area contributed by atoms with E-state index in [1.165, 1.54) is 20.8 Å². The second-order valence-corrected chi connectivity index (χ2v) is 10.4. The lowest BCUT2D eigenvalue weighted by Gasteiger charge is -2.26. The number of benzene rings is 1. The zero-order valence-electron chi connectivity index (χ0n) is 15.9. The van der Waals surface area contributed by atoms with Gasteiger partial charge in [0, 0.05) is 26.3 Å². The molecule has 0 spiro atoms. The molecular formula is C17H24O8Si2.